The van der Waals surface area contributed by atoms with Gasteiger partial charge in [0.2, 0.25) is 10.0 Å². The Balaban J connectivity index is 0.000000235. The maximum atomic E-state index is 11.1. The van der Waals surface area contributed by atoms with Gasteiger partial charge in [0.05, 0.1) is 18.1 Å². The summed E-state index contributed by atoms with van der Waals surface area (Å²) in [6.45, 7) is 2.19. The van der Waals surface area contributed by atoms with E-state index in [1.54, 1.807) is 0 Å². The molecule has 2 aliphatic heterocycles. The van der Waals surface area contributed by atoms with Gasteiger partial charge in [0.1, 0.15) is 0 Å². The first-order chi connectivity index (χ1) is 10.2. The molecule has 0 bridgehead atoms. The van der Waals surface area contributed by atoms with Gasteiger partial charge >= 0.3 is 11.9 Å². The summed E-state index contributed by atoms with van der Waals surface area (Å²) in [4.78, 5) is 20.9. The number of hydrogen-bond acceptors (Lipinski definition) is 5. The Kier molecular flexibility index (Phi) is 7.24. The molecule has 2 saturated heterocycles. The van der Waals surface area contributed by atoms with Gasteiger partial charge in [-0.15, -0.1) is 0 Å². The molecule has 22 heavy (non-hydrogen) atoms. The molecule has 0 aromatic rings. The molecule has 8 nitrogen and oxygen atoms in total. The van der Waals surface area contributed by atoms with Crippen molar-refractivity contribution in [2.75, 3.05) is 32.4 Å². The maximum absolute atomic E-state index is 11.1. The molecule has 0 aromatic heterocycles. The molecular weight excluding hydrogens is 312 g/mol. The van der Waals surface area contributed by atoms with E-state index in [0.29, 0.717) is 25.9 Å². The van der Waals surface area contributed by atoms with Crippen molar-refractivity contribution in [1.29, 1.82) is 0 Å². The Bertz CT molecular complexity index is 487. The van der Waals surface area contributed by atoms with Crippen molar-refractivity contribution in [2.24, 2.45) is 11.8 Å². The lowest BCUT2D eigenvalue weighted by molar-refractivity contribution is -0.143. The van der Waals surface area contributed by atoms with Crippen molar-refractivity contribution in [2.45, 2.75) is 25.7 Å². The lowest BCUT2D eigenvalue weighted by atomic mass is 10.0. The normalized spacial score (nSPS) is 26.6. The zero-order chi connectivity index (χ0) is 16.8. The minimum atomic E-state index is -3.22. The molecular formula is C13H24N2O6S. The van der Waals surface area contributed by atoms with Crippen LogP contribution in [0.25, 0.3) is 0 Å². The van der Waals surface area contributed by atoms with E-state index >= 15 is 0 Å². The van der Waals surface area contributed by atoms with Gasteiger partial charge in [0, 0.05) is 19.6 Å². The van der Waals surface area contributed by atoms with Gasteiger partial charge in [-0.2, -0.15) is 0 Å². The Morgan fingerprint density at radius 3 is 2.09 bits per heavy atom. The standard InChI is InChI=1S/C7H13NO4S.C6H11NO2/c1-13(11,12)8-4-2-3-6(5-8)7(9)10;8-6(9)5-2-1-3-7-4-5/h6H,2-5H2,1H3,(H,9,10);5,7H,1-4H2,(H,8,9)/t6-;5-/m00/s1. The minimum Gasteiger partial charge on any atom is -0.481 e. The summed E-state index contributed by atoms with van der Waals surface area (Å²) in [6, 6.07) is 0. The third-order valence-electron chi connectivity index (χ3n) is 3.85. The SMILES string of the molecule is CS(=O)(=O)N1CCC[C@H](C(=O)O)C1.O=C(O)[C@H]1CCCNC1. The Labute approximate surface area is 130 Å². The predicted molar refractivity (Wildman–Crippen MR) is 80.0 cm³/mol. The van der Waals surface area contributed by atoms with Gasteiger partial charge < -0.3 is 15.5 Å². The Morgan fingerprint density at radius 1 is 1.09 bits per heavy atom. The smallest absolute Gasteiger partial charge is 0.307 e. The Morgan fingerprint density at radius 2 is 1.68 bits per heavy atom. The summed E-state index contributed by atoms with van der Waals surface area (Å²) < 4.78 is 23.4. The molecule has 0 aliphatic carbocycles. The fourth-order valence-electron chi connectivity index (χ4n) is 2.51. The van der Waals surface area contributed by atoms with E-state index in [4.69, 9.17) is 10.2 Å². The van der Waals surface area contributed by atoms with Crippen LogP contribution in [0.2, 0.25) is 0 Å². The van der Waals surface area contributed by atoms with E-state index in [2.05, 4.69) is 5.32 Å². The molecule has 2 fully saturated rings. The van der Waals surface area contributed by atoms with Crippen LogP contribution in [0.15, 0.2) is 0 Å². The predicted octanol–water partition coefficient (Wildman–Crippen LogP) is -0.187. The number of carboxylic acid groups (broad SMARTS) is 2. The first-order valence-corrected chi connectivity index (χ1v) is 9.18. The second-order valence-electron chi connectivity index (χ2n) is 5.68. The van der Waals surface area contributed by atoms with Crippen LogP contribution in [-0.4, -0.2) is 67.3 Å². The van der Waals surface area contributed by atoms with E-state index in [9.17, 15) is 18.0 Å². The number of piperidine rings is 2. The van der Waals surface area contributed by atoms with Crippen molar-refractivity contribution < 1.29 is 28.2 Å². The summed E-state index contributed by atoms with van der Waals surface area (Å²) in [5, 5.41) is 20.2. The number of nitrogens with one attached hydrogen (secondary N) is 1. The van der Waals surface area contributed by atoms with Gasteiger partial charge in [-0.25, -0.2) is 12.7 Å². The topological polar surface area (TPSA) is 124 Å². The third-order valence-corrected chi connectivity index (χ3v) is 5.12. The van der Waals surface area contributed by atoms with E-state index in [1.807, 2.05) is 0 Å². The average molecular weight is 336 g/mol. The first kappa shape index (κ1) is 18.9. The number of hydrogen-bond donors (Lipinski definition) is 3. The lowest BCUT2D eigenvalue weighted by Gasteiger charge is -2.28. The molecule has 3 N–H and O–H groups in total. The molecule has 0 unspecified atom stereocenters. The number of carbonyl (C=O) groups is 2. The molecule has 0 amide bonds. The fourth-order valence-corrected chi connectivity index (χ4v) is 3.42. The molecule has 2 heterocycles. The van der Waals surface area contributed by atoms with Gasteiger partial charge in [-0.1, -0.05) is 0 Å². The van der Waals surface area contributed by atoms with Crippen LogP contribution >= 0.6 is 0 Å². The molecule has 128 valence electrons. The highest BCUT2D eigenvalue weighted by molar-refractivity contribution is 7.88. The molecule has 2 aliphatic rings. The summed E-state index contributed by atoms with van der Waals surface area (Å²) in [7, 11) is -3.22. The van der Waals surface area contributed by atoms with E-state index in [0.717, 1.165) is 25.6 Å². The molecule has 0 saturated carbocycles. The first-order valence-electron chi connectivity index (χ1n) is 7.33. The zero-order valence-electron chi connectivity index (χ0n) is 12.7. The Hall–Kier alpha value is -1.19. The van der Waals surface area contributed by atoms with Crippen LogP contribution in [0.3, 0.4) is 0 Å². The zero-order valence-corrected chi connectivity index (χ0v) is 13.5. The highest BCUT2D eigenvalue weighted by Crippen LogP contribution is 2.18. The third kappa shape index (κ3) is 6.29. The van der Waals surface area contributed by atoms with Crippen molar-refractivity contribution in [3.8, 4) is 0 Å². The summed E-state index contributed by atoms with van der Waals surface area (Å²) in [6.07, 6.45) is 4.14. The highest BCUT2D eigenvalue weighted by Gasteiger charge is 2.29. The van der Waals surface area contributed by atoms with Crippen LogP contribution < -0.4 is 5.32 Å². The van der Waals surface area contributed by atoms with Crippen LogP contribution in [0.4, 0.5) is 0 Å². The summed E-state index contributed by atoms with van der Waals surface area (Å²) in [5.74, 6) is -2.25. The highest BCUT2D eigenvalue weighted by atomic mass is 32.2. The molecule has 2 rings (SSSR count). The average Bonchev–Trinajstić information content (AvgIpc) is 2.48. The quantitative estimate of drug-likeness (QED) is 0.652. The van der Waals surface area contributed by atoms with Crippen LogP contribution in [0.1, 0.15) is 25.7 Å². The van der Waals surface area contributed by atoms with E-state index in [1.165, 1.54) is 4.31 Å². The van der Waals surface area contributed by atoms with Crippen LogP contribution in [-0.2, 0) is 19.6 Å². The molecule has 2 atom stereocenters. The lowest BCUT2D eigenvalue weighted by Crippen LogP contribution is -2.41. The number of aliphatic carboxylic acids is 2. The fraction of sp³-hybridized carbons (Fsp3) is 0.846. The molecule has 0 aromatic carbocycles. The van der Waals surface area contributed by atoms with Crippen LogP contribution in [0, 0.1) is 11.8 Å². The summed E-state index contributed by atoms with van der Waals surface area (Å²) >= 11 is 0. The second kappa shape index (κ2) is 8.44. The van der Waals surface area contributed by atoms with Crippen LogP contribution in [0.5, 0.6) is 0 Å². The number of sulfonamides is 1. The van der Waals surface area contributed by atoms with Crippen molar-refractivity contribution in [1.82, 2.24) is 9.62 Å². The monoisotopic (exact) mass is 336 g/mol. The number of rotatable bonds is 3. The number of carboxylic acids is 2. The van der Waals surface area contributed by atoms with Gasteiger partial charge in [-0.05, 0) is 32.2 Å². The van der Waals surface area contributed by atoms with E-state index < -0.39 is 27.9 Å². The van der Waals surface area contributed by atoms with E-state index in [-0.39, 0.29) is 12.5 Å². The largest absolute Gasteiger partial charge is 0.481 e. The van der Waals surface area contributed by atoms with Gasteiger partial charge in [-0.3, -0.25) is 9.59 Å². The number of nitrogens with zero attached hydrogens (tertiary/aromatic N) is 1. The second-order valence-corrected chi connectivity index (χ2v) is 7.66. The van der Waals surface area contributed by atoms with Gasteiger partial charge in [0.15, 0.2) is 0 Å². The van der Waals surface area contributed by atoms with Gasteiger partial charge in [0.25, 0.3) is 0 Å². The summed E-state index contributed by atoms with van der Waals surface area (Å²) in [5.41, 5.74) is 0. The molecule has 0 radical (unpaired) electrons. The van der Waals surface area contributed by atoms with Crippen molar-refractivity contribution in [3.63, 3.8) is 0 Å². The minimum absolute atomic E-state index is 0.119. The maximum Gasteiger partial charge on any atom is 0.307 e. The van der Waals surface area contributed by atoms with Crippen molar-refractivity contribution >= 4 is 22.0 Å². The van der Waals surface area contributed by atoms with Crippen molar-refractivity contribution in [3.05, 3.63) is 0 Å². The molecule has 0 spiro atoms. The molecule has 9 heteroatoms.